The second kappa shape index (κ2) is 9.60. The van der Waals surface area contributed by atoms with Crippen molar-refractivity contribution >= 4 is 34.6 Å². The van der Waals surface area contributed by atoms with Crippen LogP contribution in [0.4, 0.5) is 0 Å². The molecule has 4 rings (SSSR count). The van der Waals surface area contributed by atoms with Crippen LogP contribution in [0, 0.1) is 0 Å². The van der Waals surface area contributed by atoms with Gasteiger partial charge in [-0.2, -0.15) is 0 Å². The van der Waals surface area contributed by atoms with Gasteiger partial charge in [0.2, 0.25) is 0 Å². The average Bonchev–Trinajstić information content (AvgIpc) is 3.34. The zero-order valence-corrected chi connectivity index (χ0v) is 16.6. The summed E-state index contributed by atoms with van der Waals surface area (Å²) in [5.41, 5.74) is 3.85. The Hall–Kier alpha value is -2.27. The smallest absolute Gasteiger partial charge is 0.122 e. The van der Waals surface area contributed by atoms with E-state index < -0.39 is 0 Å². The van der Waals surface area contributed by atoms with Gasteiger partial charge in [0.25, 0.3) is 0 Å². The number of ether oxygens (including phenoxy) is 1. The number of aromatic amines is 1. The van der Waals surface area contributed by atoms with Crippen molar-refractivity contribution in [1.82, 2.24) is 10.3 Å². The van der Waals surface area contributed by atoms with E-state index in [4.69, 9.17) is 4.74 Å². The van der Waals surface area contributed by atoms with Crippen LogP contribution in [0.3, 0.4) is 0 Å². The van der Waals surface area contributed by atoms with Crippen LogP contribution in [0.1, 0.15) is 16.0 Å². The van der Waals surface area contributed by atoms with E-state index in [-0.39, 0.29) is 12.4 Å². The van der Waals surface area contributed by atoms with Crippen LogP contribution in [0.15, 0.2) is 72.2 Å². The van der Waals surface area contributed by atoms with Crippen LogP contribution in [-0.2, 0) is 19.6 Å². The molecule has 0 atom stereocenters. The molecule has 0 aliphatic carbocycles. The molecule has 140 valence electrons. The summed E-state index contributed by atoms with van der Waals surface area (Å²) in [6.45, 7) is 2.46. The molecule has 4 aromatic rings. The van der Waals surface area contributed by atoms with E-state index in [0.717, 1.165) is 25.3 Å². The van der Waals surface area contributed by atoms with Crippen molar-refractivity contribution in [3.05, 3.63) is 88.2 Å². The van der Waals surface area contributed by atoms with Crippen LogP contribution in [-0.4, -0.2) is 11.5 Å². The fourth-order valence-corrected chi connectivity index (χ4v) is 3.66. The van der Waals surface area contributed by atoms with Gasteiger partial charge in [-0.3, -0.25) is 0 Å². The van der Waals surface area contributed by atoms with Crippen molar-refractivity contribution in [3.8, 4) is 5.75 Å². The van der Waals surface area contributed by atoms with Crippen molar-refractivity contribution in [2.75, 3.05) is 6.54 Å². The number of benzene rings is 2. The summed E-state index contributed by atoms with van der Waals surface area (Å²) in [6, 6.07) is 20.9. The molecule has 2 aromatic carbocycles. The molecule has 0 bridgehead atoms. The third-order valence-corrected chi connectivity index (χ3v) is 5.31. The molecule has 27 heavy (non-hydrogen) atoms. The first-order valence-electron chi connectivity index (χ1n) is 8.88. The molecule has 0 aliphatic rings. The first-order chi connectivity index (χ1) is 12.9. The first kappa shape index (κ1) is 19.5. The third kappa shape index (κ3) is 5.13. The zero-order valence-electron chi connectivity index (χ0n) is 15.0. The van der Waals surface area contributed by atoms with Crippen molar-refractivity contribution in [2.45, 2.75) is 19.6 Å². The van der Waals surface area contributed by atoms with E-state index in [9.17, 15) is 0 Å². The molecule has 2 N–H and O–H groups in total. The molecule has 0 fully saturated rings. The lowest BCUT2D eigenvalue weighted by molar-refractivity contribution is 0.309. The maximum absolute atomic E-state index is 5.81. The van der Waals surface area contributed by atoms with Gasteiger partial charge < -0.3 is 15.0 Å². The quantitative estimate of drug-likeness (QED) is 0.381. The van der Waals surface area contributed by atoms with E-state index in [2.05, 4.69) is 70.4 Å². The van der Waals surface area contributed by atoms with Gasteiger partial charge in [-0.05, 0) is 53.7 Å². The highest BCUT2D eigenvalue weighted by Gasteiger charge is 2.02. The Labute approximate surface area is 169 Å². The lowest BCUT2D eigenvalue weighted by Crippen LogP contribution is -2.16. The van der Waals surface area contributed by atoms with Gasteiger partial charge in [0.1, 0.15) is 12.4 Å². The van der Waals surface area contributed by atoms with Crippen molar-refractivity contribution in [2.24, 2.45) is 0 Å². The molecule has 0 saturated carbocycles. The number of nitrogens with one attached hydrogen (secondary N) is 2. The SMILES string of the molecule is Cl.c1csc(COc2ccc(CNCCc3c[nH]c4ccccc34)cc2)c1. The number of hydrogen-bond donors (Lipinski definition) is 2. The van der Waals surface area contributed by atoms with Crippen molar-refractivity contribution in [3.63, 3.8) is 0 Å². The minimum Gasteiger partial charge on any atom is -0.488 e. The highest BCUT2D eigenvalue weighted by atomic mass is 35.5. The summed E-state index contributed by atoms with van der Waals surface area (Å²) in [5, 5.41) is 6.92. The second-order valence-corrected chi connectivity index (χ2v) is 7.33. The normalized spacial score (nSPS) is 10.7. The molecule has 5 heteroatoms. The molecule has 0 saturated heterocycles. The monoisotopic (exact) mass is 398 g/mol. The average molecular weight is 399 g/mol. The van der Waals surface area contributed by atoms with Crippen LogP contribution >= 0.6 is 23.7 Å². The Morgan fingerprint density at radius 3 is 2.63 bits per heavy atom. The highest BCUT2D eigenvalue weighted by Crippen LogP contribution is 2.18. The number of H-pyrrole nitrogens is 1. The molecule has 2 aromatic heterocycles. The van der Waals surface area contributed by atoms with E-state index in [1.807, 2.05) is 12.1 Å². The lowest BCUT2D eigenvalue weighted by Gasteiger charge is -2.07. The van der Waals surface area contributed by atoms with Gasteiger partial charge >= 0.3 is 0 Å². The Balaban J connectivity index is 0.00000210. The minimum absolute atomic E-state index is 0. The van der Waals surface area contributed by atoms with Crippen LogP contribution in [0.2, 0.25) is 0 Å². The topological polar surface area (TPSA) is 37.0 Å². The van der Waals surface area contributed by atoms with Crippen LogP contribution < -0.4 is 10.1 Å². The lowest BCUT2D eigenvalue weighted by atomic mass is 10.1. The molecule has 0 aliphatic heterocycles. The highest BCUT2D eigenvalue weighted by molar-refractivity contribution is 7.09. The van der Waals surface area contributed by atoms with Gasteiger partial charge in [0.15, 0.2) is 0 Å². The minimum atomic E-state index is 0. The maximum Gasteiger partial charge on any atom is 0.122 e. The summed E-state index contributed by atoms with van der Waals surface area (Å²) in [7, 11) is 0. The predicted octanol–water partition coefficient (Wildman–Crippen LogP) is 5.56. The number of hydrogen-bond acceptors (Lipinski definition) is 3. The number of rotatable bonds is 8. The summed E-state index contributed by atoms with van der Waals surface area (Å²) < 4.78 is 5.81. The number of thiophene rings is 1. The summed E-state index contributed by atoms with van der Waals surface area (Å²) in [6.07, 6.45) is 3.14. The van der Waals surface area contributed by atoms with Crippen molar-refractivity contribution in [1.29, 1.82) is 0 Å². The number of halogens is 1. The molecule has 0 unspecified atom stereocenters. The Bertz CT molecular complexity index is 948. The van der Waals surface area contributed by atoms with E-state index in [1.54, 1.807) is 11.3 Å². The van der Waals surface area contributed by atoms with E-state index in [1.165, 1.54) is 26.9 Å². The van der Waals surface area contributed by atoms with Crippen LogP contribution in [0.25, 0.3) is 10.9 Å². The Morgan fingerprint density at radius 1 is 0.963 bits per heavy atom. The number of fused-ring (bicyclic) bond motifs is 1. The molecular weight excluding hydrogens is 376 g/mol. The van der Waals surface area contributed by atoms with Gasteiger partial charge in [-0.25, -0.2) is 0 Å². The first-order valence-corrected chi connectivity index (χ1v) is 9.76. The van der Waals surface area contributed by atoms with Gasteiger partial charge in [0, 0.05) is 28.5 Å². The standard InChI is InChI=1S/C22H22N2OS.ClH/c1-2-6-22-21(5-1)18(15-24-22)11-12-23-14-17-7-9-19(10-8-17)25-16-20-4-3-13-26-20;/h1-10,13,15,23-24H,11-12,14,16H2;1H. The van der Waals surface area contributed by atoms with Crippen LogP contribution in [0.5, 0.6) is 5.75 Å². The predicted molar refractivity (Wildman–Crippen MR) is 116 cm³/mol. The molecule has 0 amide bonds. The maximum atomic E-state index is 5.81. The molecule has 3 nitrogen and oxygen atoms in total. The van der Waals surface area contributed by atoms with E-state index in [0.29, 0.717) is 6.61 Å². The fourth-order valence-electron chi connectivity index (χ4n) is 3.05. The third-order valence-electron chi connectivity index (χ3n) is 4.46. The van der Waals surface area contributed by atoms with Gasteiger partial charge in [0.05, 0.1) is 0 Å². The number of aromatic nitrogens is 1. The number of para-hydroxylation sites is 1. The van der Waals surface area contributed by atoms with Gasteiger partial charge in [-0.1, -0.05) is 36.4 Å². The molecular formula is C22H23ClN2OS. The summed E-state index contributed by atoms with van der Waals surface area (Å²) in [4.78, 5) is 4.58. The fraction of sp³-hybridized carbons (Fsp3) is 0.182. The summed E-state index contributed by atoms with van der Waals surface area (Å²) in [5.74, 6) is 0.918. The van der Waals surface area contributed by atoms with Crippen molar-refractivity contribution < 1.29 is 4.74 Å². The zero-order chi connectivity index (χ0) is 17.6. The Kier molecular flexibility index (Phi) is 6.93. The van der Waals surface area contributed by atoms with E-state index >= 15 is 0 Å². The molecule has 0 spiro atoms. The molecule has 2 heterocycles. The largest absolute Gasteiger partial charge is 0.488 e. The summed E-state index contributed by atoms with van der Waals surface area (Å²) >= 11 is 1.72. The molecule has 0 radical (unpaired) electrons. The Morgan fingerprint density at radius 2 is 1.81 bits per heavy atom. The second-order valence-electron chi connectivity index (χ2n) is 6.30. The van der Waals surface area contributed by atoms with Gasteiger partial charge in [-0.15, -0.1) is 23.7 Å².